The number of alkyl halides is 6. The van der Waals surface area contributed by atoms with E-state index in [1.54, 1.807) is 6.07 Å². The topological polar surface area (TPSA) is 104 Å². The first-order valence-electron chi connectivity index (χ1n) is 15.6. The number of nitrogens with zero attached hydrogens (tertiary/aromatic N) is 5. The standard InChI is InChI=1S/C32H35F7N6O3Si/c1-49(2,3)10-9-48-18-45-30(47)27(32(37,38)39)26(16-42-45)43-22-6-4-5-19(11-22)17-44-8-7-20-12-24(25(33)13-23(20)29(44)46)28-40-14-21(15-41-28)31(34,35)36/h7-8,12-16,19,22,43H,4-6,9-11,17-18H2,1-3H3/t19-,22+/m1/s1. The van der Waals surface area contributed by atoms with Gasteiger partial charge in [-0.25, -0.2) is 19.0 Å². The van der Waals surface area contributed by atoms with Crippen LogP contribution in [0.2, 0.25) is 25.7 Å². The molecule has 1 fully saturated rings. The van der Waals surface area contributed by atoms with E-state index < -0.39 is 66.9 Å². The van der Waals surface area contributed by atoms with Crippen LogP contribution in [0.5, 0.6) is 0 Å². The van der Waals surface area contributed by atoms with E-state index >= 15 is 4.39 Å². The van der Waals surface area contributed by atoms with Gasteiger partial charge in [0.15, 0.2) is 5.82 Å². The van der Waals surface area contributed by atoms with E-state index in [-0.39, 0.29) is 29.2 Å². The monoisotopic (exact) mass is 712 g/mol. The Morgan fingerprint density at radius 1 is 0.980 bits per heavy atom. The number of fused-ring (bicyclic) bond motifs is 1. The van der Waals surface area contributed by atoms with Gasteiger partial charge in [0.1, 0.15) is 18.1 Å². The third-order valence-electron chi connectivity index (χ3n) is 8.42. The van der Waals surface area contributed by atoms with Gasteiger partial charge in [0, 0.05) is 45.9 Å². The molecule has 2 atom stereocenters. The van der Waals surface area contributed by atoms with Crippen molar-refractivity contribution in [3.63, 3.8) is 0 Å². The summed E-state index contributed by atoms with van der Waals surface area (Å²) in [6.07, 6.45) is -3.75. The second-order valence-electron chi connectivity index (χ2n) is 13.4. The van der Waals surface area contributed by atoms with Crippen molar-refractivity contribution < 1.29 is 35.5 Å². The molecule has 0 unspecified atom stereocenters. The molecule has 3 aromatic heterocycles. The van der Waals surface area contributed by atoms with E-state index in [4.69, 9.17) is 4.74 Å². The number of halogens is 7. The first kappa shape index (κ1) is 36.2. The maximum atomic E-state index is 15.1. The van der Waals surface area contributed by atoms with Crippen molar-refractivity contribution in [2.24, 2.45) is 5.92 Å². The maximum Gasteiger partial charge on any atom is 0.423 e. The smallest absolute Gasteiger partial charge is 0.380 e. The summed E-state index contributed by atoms with van der Waals surface area (Å²) in [4.78, 5) is 33.5. The number of aromatic nitrogens is 5. The lowest BCUT2D eigenvalue weighted by molar-refractivity contribution is -0.139. The van der Waals surface area contributed by atoms with Crippen LogP contribution in [0.25, 0.3) is 22.2 Å². The van der Waals surface area contributed by atoms with Crippen LogP contribution < -0.4 is 16.4 Å². The molecule has 0 aliphatic heterocycles. The molecule has 5 rings (SSSR count). The molecule has 1 aliphatic carbocycles. The largest absolute Gasteiger partial charge is 0.423 e. The van der Waals surface area contributed by atoms with Crippen LogP contribution in [0.1, 0.15) is 36.8 Å². The predicted octanol–water partition coefficient (Wildman–Crippen LogP) is 7.18. The third kappa shape index (κ3) is 8.73. The number of benzene rings is 1. The molecule has 0 saturated heterocycles. The normalized spacial score (nSPS) is 17.4. The number of anilines is 1. The molecule has 0 spiro atoms. The number of ether oxygens (including phenoxy) is 1. The Morgan fingerprint density at radius 2 is 1.69 bits per heavy atom. The second kappa shape index (κ2) is 14.0. The summed E-state index contributed by atoms with van der Waals surface area (Å²) < 4.78 is 104. The molecule has 0 radical (unpaired) electrons. The predicted molar refractivity (Wildman–Crippen MR) is 171 cm³/mol. The Balaban J connectivity index is 1.30. The Kier molecular flexibility index (Phi) is 10.3. The van der Waals surface area contributed by atoms with Crippen molar-refractivity contribution in [1.29, 1.82) is 0 Å². The molecule has 49 heavy (non-hydrogen) atoms. The molecular formula is C32H35F7N6O3Si. The molecule has 1 aliphatic rings. The molecule has 3 heterocycles. The van der Waals surface area contributed by atoms with Gasteiger partial charge >= 0.3 is 12.4 Å². The second-order valence-corrected chi connectivity index (χ2v) is 19.1. The molecule has 1 saturated carbocycles. The molecule has 4 aromatic rings. The summed E-state index contributed by atoms with van der Waals surface area (Å²) in [5.41, 5.74) is -4.85. The zero-order chi connectivity index (χ0) is 35.7. The molecule has 1 N–H and O–H groups in total. The molecule has 9 nitrogen and oxygen atoms in total. The molecule has 1 aromatic carbocycles. The number of hydrogen-bond donors (Lipinski definition) is 1. The highest BCUT2D eigenvalue weighted by atomic mass is 28.3. The van der Waals surface area contributed by atoms with E-state index in [2.05, 4.69) is 40.0 Å². The van der Waals surface area contributed by atoms with Gasteiger partial charge in [-0.2, -0.15) is 31.4 Å². The van der Waals surface area contributed by atoms with Gasteiger partial charge in [-0.15, -0.1) is 0 Å². The third-order valence-corrected chi connectivity index (χ3v) is 10.1. The number of hydrogen-bond acceptors (Lipinski definition) is 7. The molecule has 0 bridgehead atoms. The van der Waals surface area contributed by atoms with Crippen LogP contribution in [-0.2, 0) is 30.4 Å². The van der Waals surface area contributed by atoms with Crippen molar-refractivity contribution in [2.75, 3.05) is 11.9 Å². The highest BCUT2D eigenvalue weighted by Gasteiger charge is 2.39. The van der Waals surface area contributed by atoms with Crippen molar-refractivity contribution in [3.05, 3.63) is 80.6 Å². The minimum absolute atomic E-state index is 0.0343. The van der Waals surface area contributed by atoms with Crippen molar-refractivity contribution in [2.45, 2.75) is 83.0 Å². The Labute approximate surface area is 277 Å². The van der Waals surface area contributed by atoms with Crippen LogP contribution in [-0.4, -0.2) is 45.0 Å². The molecule has 264 valence electrons. The van der Waals surface area contributed by atoms with E-state index in [1.165, 1.54) is 16.8 Å². The van der Waals surface area contributed by atoms with Gasteiger partial charge in [0.05, 0.1) is 28.4 Å². The number of pyridine rings is 1. The average molecular weight is 713 g/mol. The highest BCUT2D eigenvalue weighted by Crippen LogP contribution is 2.35. The molecule has 17 heteroatoms. The van der Waals surface area contributed by atoms with E-state index in [0.717, 1.165) is 18.3 Å². The zero-order valence-electron chi connectivity index (χ0n) is 27.0. The Bertz CT molecular complexity index is 1920. The van der Waals surface area contributed by atoms with Gasteiger partial charge in [-0.3, -0.25) is 9.59 Å². The summed E-state index contributed by atoms with van der Waals surface area (Å²) in [5.74, 6) is -1.30. The molecule has 0 amide bonds. The lowest BCUT2D eigenvalue weighted by atomic mass is 9.85. The summed E-state index contributed by atoms with van der Waals surface area (Å²) in [6.45, 7) is 6.50. The zero-order valence-corrected chi connectivity index (χ0v) is 28.0. The van der Waals surface area contributed by atoms with Crippen molar-refractivity contribution in [3.8, 4) is 11.4 Å². The van der Waals surface area contributed by atoms with Gasteiger partial charge in [-0.1, -0.05) is 26.1 Å². The minimum atomic E-state index is -4.94. The quantitative estimate of drug-likeness (QED) is 0.106. The average Bonchev–Trinajstić information content (AvgIpc) is 3.00. The number of nitrogens with one attached hydrogen (secondary N) is 1. The van der Waals surface area contributed by atoms with Gasteiger partial charge < -0.3 is 14.6 Å². The fourth-order valence-electron chi connectivity index (χ4n) is 5.81. The molecular weight excluding hydrogens is 677 g/mol. The Hall–Kier alpha value is -4.12. The number of rotatable bonds is 10. The van der Waals surface area contributed by atoms with Crippen LogP contribution in [0.4, 0.5) is 36.4 Å². The van der Waals surface area contributed by atoms with Crippen LogP contribution in [0, 0.1) is 11.7 Å². The Morgan fingerprint density at radius 3 is 2.35 bits per heavy atom. The maximum absolute atomic E-state index is 15.1. The van der Waals surface area contributed by atoms with Crippen LogP contribution in [0.15, 0.2) is 52.6 Å². The minimum Gasteiger partial charge on any atom is -0.380 e. The highest BCUT2D eigenvalue weighted by molar-refractivity contribution is 6.76. The van der Waals surface area contributed by atoms with Crippen molar-refractivity contribution in [1.82, 2.24) is 24.3 Å². The summed E-state index contributed by atoms with van der Waals surface area (Å²) in [7, 11) is -1.44. The van der Waals surface area contributed by atoms with Crippen LogP contribution >= 0.6 is 0 Å². The lowest BCUT2D eigenvalue weighted by Gasteiger charge is -2.31. The first-order valence-corrected chi connectivity index (χ1v) is 19.4. The summed E-state index contributed by atoms with van der Waals surface area (Å²) >= 11 is 0. The van der Waals surface area contributed by atoms with Gasteiger partial charge in [0.25, 0.3) is 11.1 Å². The van der Waals surface area contributed by atoms with E-state index in [1.807, 2.05) is 0 Å². The first-order chi connectivity index (χ1) is 22.9. The summed E-state index contributed by atoms with van der Waals surface area (Å²) in [6, 6.07) is 4.18. The van der Waals surface area contributed by atoms with Crippen molar-refractivity contribution >= 4 is 24.5 Å². The lowest BCUT2D eigenvalue weighted by Crippen LogP contribution is -2.36. The fraction of sp³-hybridized carbons (Fsp3) is 0.469. The van der Waals surface area contributed by atoms with E-state index in [0.29, 0.717) is 54.8 Å². The van der Waals surface area contributed by atoms with Gasteiger partial charge in [-0.05, 0) is 54.8 Å². The van der Waals surface area contributed by atoms with Gasteiger partial charge in [0.2, 0.25) is 0 Å². The fourth-order valence-corrected chi connectivity index (χ4v) is 6.57. The van der Waals surface area contributed by atoms with E-state index in [9.17, 15) is 35.9 Å². The SMILES string of the molecule is C[Si](C)(C)CCOCn1ncc(N[C@H]2CCC[C@@H](Cn3ccc4cc(-c5ncc(C(F)(F)F)cn5)c(F)cc4c3=O)C2)c(C(F)(F)F)c1=O. The van der Waals surface area contributed by atoms with Crippen LogP contribution in [0.3, 0.4) is 0 Å². The summed E-state index contributed by atoms with van der Waals surface area (Å²) in [5, 5.41) is 7.15.